The van der Waals surface area contributed by atoms with Crippen LogP contribution in [0.15, 0.2) is 91.1 Å². The molecule has 5 unspecified atom stereocenters. The molecule has 3 saturated carbocycles. The summed E-state index contributed by atoms with van der Waals surface area (Å²) in [6, 6.07) is 19.1. The van der Waals surface area contributed by atoms with Crippen molar-refractivity contribution in [2.75, 3.05) is 48.3 Å². The molecular formula is C76H90N12O18S. The Morgan fingerprint density at radius 1 is 0.832 bits per heavy atom. The van der Waals surface area contributed by atoms with Crippen molar-refractivity contribution in [3.8, 4) is 11.1 Å². The number of aliphatic hydroxyl groups excluding tert-OH is 3. The van der Waals surface area contributed by atoms with Crippen LogP contribution in [0.1, 0.15) is 135 Å². The molecule has 4 fully saturated rings. The second-order valence-corrected chi connectivity index (χ2v) is 31.3. The van der Waals surface area contributed by atoms with Crippen LogP contribution in [0, 0.1) is 35.0 Å². The van der Waals surface area contributed by atoms with E-state index in [0.717, 1.165) is 77.7 Å². The van der Waals surface area contributed by atoms with Crippen molar-refractivity contribution in [1.82, 2.24) is 40.2 Å². The van der Waals surface area contributed by atoms with Gasteiger partial charge in [0.15, 0.2) is 16.9 Å². The third kappa shape index (κ3) is 16.7. The number of carboxylic acids is 2. The zero-order valence-corrected chi connectivity index (χ0v) is 61.1. The number of amides is 8. The number of carbonyl (C=O) groups excluding carboxylic acids is 8. The van der Waals surface area contributed by atoms with E-state index >= 15 is 0 Å². The highest BCUT2D eigenvalue weighted by Gasteiger charge is 2.63. The summed E-state index contributed by atoms with van der Waals surface area (Å²) in [5.41, 5.74) is 11.0. The van der Waals surface area contributed by atoms with Crippen LogP contribution >= 0.6 is 11.3 Å². The predicted molar refractivity (Wildman–Crippen MR) is 389 cm³/mol. The van der Waals surface area contributed by atoms with E-state index in [2.05, 4.69) is 40.1 Å². The van der Waals surface area contributed by atoms with Gasteiger partial charge in [-0.25, -0.2) is 24.4 Å². The number of nitrogens with zero attached hydrogens (tertiary/aromatic N) is 7. The molecule has 6 aromatic rings. The topological polar surface area (TPSA) is 427 Å². The molecule has 12 rings (SSSR count). The van der Waals surface area contributed by atoms with E-state index in [0.29, 0.717) is 69.7 Å². The van der Waals surface area contributed by atoms with Crippen LogP contribution < -0.4 is 31.9 Å². The summed E-state index contributed by atoms with van der Waals surface area (Å²) in [7, 11) is 0. The number of nitrogens with two attached hydrogens (primary N) is 1. The fourth-order valence-corrected chi connectivity index (χ4v) is 18.0. The maximum absolute atomic E-state index is 14.3. The van der Waals surface area contributed by atoms with Crippen molar-refractivity contribution < 1.29 is 87.7 Å². The Kier molecular flexibility index (Phi) is 22.5. The van der Waals surface area contributed by atoms with Crippen LogP contribution in [0.25, 0.3) is 21.3 Å². The number of aryl methyl sites for hydroxylation is 1. The van der Waals surface area contributed by atoms with Gasteiger partial charge in [-0.2, -0.15) is 5.10 Å². The number of primary amides is 1. The van der Waals surface area contributed by atoms with Crippen molar-refractivity contribution in [1.29, 1.82) is 0 Å². The number of thiazole rings is 1. The quantitative estimate of drug-likeness (QED) is 0.0265. The molecule has 12 atom stereocenters. The first-order valence-corrected chi connectivity index (χ1v) is 36.8. The number of imide groups is 1. The Hall–Kier alpha value is -10.0. The number of para-hydroxylation sites is 1. The van der Waals surface area contributed by atoms with Crippen LogP contribution in [-0.4, -0.2) is 196 Å². The highest BCUT2D eigenvalue weighted by Crippen LogP contribution is 2.69. The molecule has 3 aromatic carbocycles. The van der Waals surface area contributed by atoms with Gasteiger partial charge in [0, 0.05) is 79.4 Å². The average Bonchev–Trinajstić information content (AvgIpc) is 1.25. The number of nitrogens with one attached hydrogen (secondary N) is 4. The van der Waals surface area contributed by atoms with Gasteiger partial charge in [0.25, 0.3) is 17.7 Å². The van der Waals surface area contributed by atoms with Crippen molar-refractivity contribution in [2.24, 2.45) is 33.8 Å². The van der Waals surface area contributed by atoms with Crippen molar-refractivity contribution in [2.45, 2.75) is 174 Å². The molecule has 6 heterocycles. The van der Waals surface area contributed by atoms with E-state index in [1.165, 1.54) is 35.3 Å². The molecule has 3 bridgehead atoms. The molecular weight excluding hydrogens is 1400 g/mol. The van der Waals surface area contributed by atoms with E-state index in [-0.39, 0.29) is 84.5 Å². The molecule has 0 radical (unpaired) electrons. The standard InChI is InChI=1S/C76H90N12O18S/c1-40(2)61(83-58(90)34-87-59(91)20-21-60(87)92)69(98)79-41(3)67(96)80-46-16-14-45(44(30-46)15-18-53-63(93)64(94)65(95)66(106-53)71(101)102)35-105-73(103)85(27-24-56(77)89)28-29-104-54-31-75(6)36-74(5)25-22-51(54)76(37-74,38-75)39-88-42(4)49(32-78-88)47-17-19-57(82-62(47)70(99)100)86-26-23-43-10-9-11-48(50(43)33-86)68(97)84-72-81-52-12-7-8-13-55(52)107-72/h7-14,16-17,19-21,30,32,40-41,51,53-54,61,63-66,93-95H,15,18,22-29,31,33-39H2,1-6H3,(H2,77,89)(H,79,98)(H,80,96)(H,83,90)(H,99,100)(H,101,102)(H,81,84,97)/t41-,51?,53-,54?,61-,63-,64+,65-,66-,74?,75?,76?/m0/s1. The first-order chi connectivity index (χ1) is 50.9. The fourth-order valence-electron chi connectivity index (χ4n) is 17.1. The number of aromatic carboxylic acids is 1. The number of anilines is 3. The Morgan fingerprint density at radius 2 is 1.59 bits per heavy atom. The highest BCUT2D eigenvalue weighted by molar-refractivity contribution is 7.22. The number of aromatic nitrogens is 4. The lowest BCUT2D eigenvalue weighted by atomic mass is 9.40. The van der Waals surface area contributed by atoms with Gasteiger partial charge in [-0.15, -0.1) is 0 Å². The number of pyridine rings is 1. The van der Waals surface area contributed by atoms with E-state index in [1.807, 2.05) is 59.0 Å². The van der Waals surface area contributed by atoms with Gasteiger partial charge in [-0.1, -0.05) is 69.4 Å². The highest BCUT2D eigenvalue weighted by atomic mass is 32.1. The SMILES string of the molecule is Cc1c(-c2ccc(N3CCc4cccc(C(=O)Nc5nc6ccccc6s5)c4C3)nc2C(=O)O)cnn1CC12CC3(C)CCC1C(OCCN(CCC(N)=O)C(=O)OCc1ccc(NC(=O)[C@H](C)NC(=O)[C@@H](NC(=O)CN4C(=O)C=CC4=O)C(C)C)cc1CC[C@@H]1O[C@H](C(=O)O)[C@@H](O)[C@H](O)[C@H]1O)CC(C)(C3)C2. The number of hydrogen-bond acceptors (Lipinski definition) is 21. The van der Waals surface area contributed by atoms with Gasteiger partial charge in [0.1, 0.15) is 49.4 Å². The lowest BCUT2D eigenvalue weighted by molar-refractivity contribution is -0.228. The van der Waals surface area contributed by atoms with Crippen molar-refractivity contribution in [3.05, 3.63) is 130 Å². The molecule has 8 amide bonds. The number of carboxylic acid groups (broad SMARTS) is 2. The molecule has 0 spiro atoms. The third-order valence-corrected chi connectivity index (χ3v) is 22.9. The third-order valence-electron chi connectivity index (χ3n) is 22.0. The fraction of sp³-hybridized carbons (Fsp3) is 0.487. The van der Waals surface area contributed by atoms with Crippen LogP contribution in [0.3, 0.4) is 0 Å². The van der Waals surface area contributed by atoms with Gasteiger partial charge >= 0.3 is 18.0 Å². The smallest absolute Gasteiger partial charge is 0.410 e. The number of ether oxygens (including phenoxy) is 3. The first-order valence-electron chi connectivity index (χ1n) is 36.0. The number of benzene rings is 3. The lowest BCUT2D eigenvalue weighted by Gasteiger charge is -2.66. The van der Waals surface area contributed by atoms with Gasteiger partial charge in [-0.05, 0) is 164 Å². The normalized spacial score (nSPS) is 24.9. The molecule has 11 N–H and O–H groups in total. The van der Waals surface area contributed by atoms with Crippen LogP contribution in [0.4, 0.5) is 21.4 Å². The monoisotopic (exact) mass is 1490 g/mol. The molecule has 6 aliphatic rings. The number of carbonyl (C=O) groups is 10. The number of rotatable bonds is 28. The summed E-state index contributed by atoms with van der Waals surface area (Å²) in [4.78, 5) is 144. The predicted octanol–water partition coefficient (Wildman–Crippen LogP) is 5.65. The molecule has 107 heavy (non-hydrogen) atoms. The minimum atomic E-state index is -1.94. The molecule has 30 nitrogen and oxygen atoms in total. The molecule has 3 aliphatic heterocycles. The maximum Gasteiger partial charge on any atom is 0.410 e. The Balaban J connectivity index is 0.714. The minimum Gasteiger partial charge on any atom is -0.479 e. The van der Waals surface area contributed by atoms with E-state index in [1.54, 1.807) is 38.2 Å². The van der Waals surface area contributed by atoms with Gasteiger partial charge < -0.3 is 71.2 Å². The summed E-state index contributed by atoms with van der Waals surface area (Å²) in [6.45, 7) is 11.6. The largest absolute Gasteiger partial charge is 0.479 e. The Bertz CT molecular complexity index is 4470. The van der Waals surface area contributed by atoms with Crippen LogP contribution in [-0.2, 0) is 80.3 Å². The maximum atomic E-state index is 14.3. The van der Waals surface area contributed by atoms with E-state index in [9.17, 15) is 73.5 Å². The van der Waals surface area contributed by atoms with E-state index in [4.69, 9.17) is 30.0 Å². The lowest BCUT2D eigenvalue weighted by Crippen LogP contribution is -2.61. The summed E-state index contributed by atoms with van der Waals surface area (Å²) < 4.78 is 21.4. The van der Waals surface area contributed by atoms with Gasteiger partial charge in [0.05, 0.1) is 35.2 Å². The zero-order valence-electron chi connectivity index (χ0n) is 60.3. The summed E-state index contributed by atoms with van der Waals surface area (Å²) in [6.07, 6.45) is -0.503. The van der Waals surface area contributed by atoms with Crippen LogP contribution in [0.5, 0.6) is 0 Å². The minimum absolute atomic E-state index is 0.00281. The summed E-state index contributed by atoms with van der Waals surface area (Å²) in [5, 5.41) is 68.9. The molecule has 3 aliphatic carbocycles. The molecule has 1 saturated heterocycles. The Morgan fingerprint density at radius 3 is 2.32 bits per heavy atom. The number of fused-ring (bicyclic) bond motifs is 4. The second-order valence-electron chi connectivity index (χ2n) is 30.3. The zero-order chi connectivity index (χ0) is 76.6. The second kappa shape index (κ2) is 31.4. The van der Waals surface area contributed by atoms with E-state index < -0.39 is 115 Å². The average molecular weight is 1490 g/mol. The molecule has 31 heteroatoms. The van der Waals surface area contributed by atoms with Crippen molar-refractivity contribution in [3.63, 3.8) is 0 Å². The van der Waals surface area contributed by atoms with Gasteiger partial charge in [0.2, 0.25) is 23.6 Å². The Labute approximate surface area is 620 Å². The number of aliphatic carboxylic acids is 1. The summed E-state index contributed by atoms with van der Waals surface area (Å²) in [5.74, 6) is -7.33. The molecule has 3 aromatic heterocycles. The molecule has 568 valence electrons. The summed E-state index contributed by atoms with van der Waals surface area (Å²) >= 11 is 1.39. The van der Waals surface area contributed by atoms with Crippen molar-refractivity contribution >= 4 is 97.6 Å². The first kappa shape index (κ1) is 76.6. The number of hydrogen-bond donors (Lipinski definition) is 10. The number of aliphatic hydroxyl groups is 3. The van der Waals surface area contributed by atoms with Gasteiger partial charge in [-0.3, -0.25) is 48.5 Å². The van der Waals surface area contributed by atoms with Crippen LogP contribution in [0.2, 0.25) is 0 Å².